The van der Waals surface area contributed by atoms with E-state index in [-0.39, 0.29) is 6.54 Å². The summed E-state index contributed by atoms with van der Waals surface area (Å²) in [5.41, 5.74) is 4.73. The fourth-order valence-electron chi connectivity index (χ4n) is 4.67. The molecular formula is C28H28F3NO3S. The lowest BCUT2D eigenvalue weighted by Crippen LogP contribution is -2.31. The number of alkyl halides is 3. The maximum absolute atomic E-state index is 13.4. The summed E-state index contributed by atoms with van der Waals surface area (Å²) in [5, 5.41) is 0. The van der Waals surface area contributed by atoms with Crippen LogP contribution in [0.15, 0.2) is 59.5 Å². The van der Waals surface area contributed by atoms with Crippen molar-refractivity contribution in [2.24, 2.45) is 0 Å². The van der Waals surface area contributed by atoms with Crippen molar-refractivity contribution < 1.29 is 27.3 Å². The Kier molecular flexibility index (Phi) is 7.12. The van der Waals surface area contributed by atoms with E-state index in [1.165, 1.54) is 0 Å². The number of hydrogen-bond acceptors (Lipinski definition) is 3. The number of carbonyl (C=O) groups excluding carboxylic acids is 1. The summed E-state index contributed by atoms with van der Waals surface area (Å²) in [5.74, 6) is 0. The molecule has 8 heteroatoms. The van der Waals surface area contributed by atoms with E-state index in [4.69, 9.17) is 4.74 Å². The molecule has 1 aliphatic heterocycles. The van der Waals surface area contributed by atoms with Gasteiger partial charge in [-0.3, -0.25) is 4.90 Å². The number of amides is 1. The molecule has 0 spiro atoms. The molecule has 4 rings (SSSR count). The molecule has 4 nitrogen and oxygen atoms in total. The molecular weight excluding hydrogens is 487 g/mol. The van der Waals surface area contributed by atoms with Gasteiger partial charge in [-0.2, -0.15) is 13.2 Å². The van der Waals surface area contributed by atoms with Gasteiger partial charge in [0, 0.05) is 6.07 Å². The molecule has 190 valence electrons. The average Bonchev–Trinajstić information content (AvgIpc) is 3.07. The molecule has 1 amide bonds. The van der Waals surface area contributed by atoms with E-state index >= 15 is 0 Å². The van der Waals surface area contributed by atoms with Gasteiger partial charge in [0.25, 0.3) is 0 Å². The van der Waals surface area contributed by atoms with Crippen molar-refractivity contribution in [2.75, 3.05) is 6.26 Å². The molecule has 0 aliphatic carbocycles. The molecule has 0 saturated carbocycles. The van der Waals surface area contributed by atoms with Crippen molar-refractivity contribution in [2.45, 2.75) is 57.5 Å². The van der Waals surface area contributed by atoms with Crippen LogP contribution in [0.2, 0.25) is 0 Å². The van der Waals surface area contributed by atoms with Crippen LogP contribution in [-0.4, -0.2) is 27.8 Å². The lowest BCUT2D eigenvalue weighted by molar-refractivity contribution is -0.137. The van der Waals surface area contributed by atoms with Gasteiger partial charge in [0.1, 0.15) is 12.4 Å². The molecule has 1 heterocycles. The smallest absolute Gasteiger partial charge is 0.416 e. The highest BCUT2D eigenvalue weighted by atomic mass is 32.2. The third-order valence-electron chi connectivity index (χ3n) is 6.58. The van der Waals surface area contributed by atoms with Crippen molar-refractivity contribution in [3.63, 3.8) is 0 Å². The Balaban J connectivity index is 1.69. The third-order valence-corrected chi connectivity index (χ3v) is 7.50. The van der Waals surface area contributed by atoms with Crippen LogP contribution in [0.25, 0.3) is 11.1 Å². The highest BCUT2D eigenvalue weighted by Crippen LogP contribution is 2.39. The third kappa shape index (κ3) is 5.25. The normalized spacial score (nSPS) is 18.9. The summed E-state index contributed by atoms with van der Waals surface area (Å²) in [7, 11) is 0. The summed E-state index contributed by atoms with van der Waals surface area (Å²) in [6.45, 7) is 7.53. The predicted molar refractivity (Wildman–Crippen MR) is 134 cm³/mol. The van der Waals surface area contributed by atoms with Crippen molar-refractivity contribution >= 4 is 17.3 Å². The van der Waals surface area contributed by atoms with E-state index in [2.05, 4.69) is 0 Å². The fraction of sp³-hybridized carbons (Fsp3) is 0.321. The standard InChI is InChI=1S/C28H28F3NO3S/c1-16-6-9-24(25-14-23(36(5)34)8-7-18(25)3)21(10-16)15-32-19(4)26(35-27(32)33)20-11-17(2)12-22(13-20)28(29,30)31/h6-14,19,26H,15H2,1-5H3/t19-,26-,36?/m0/s1. The minimum absolute atomic E-state index is 0.227. The first kappa shape index (κ1) is 26.1. The second-order valence-corrected chi connectivity index (χ2v) is 10.8. The second-order valence-electron chi connectivity index (χ2n) is 9.39. The quantitative estimate of drug-likeness (QED) is 0.340. The Morgan fingerprint density at radius 2 is 1.69 bits per heavy atom. The number of cyclic esters (lactones) is 1. The van der Waals surface area contributed by atoms with Crippen LogP contribution in [0.5, 0.6) is 0 Å². The molecule has 0 aromatic heterocycles. The Morgan fingerprint density at radius 3 is 2.36 bits per heavy atom. The van der Waals surface area contributed by atoms with Crippen LogP contribution in [0.3, 0.4) is 0 Å². The van der Waals surface area contributed by atoms with E-state index in [0.29, 0.717) is 16.0 Å². The van der Waals surface area contributed by atoms with E-state index < -0.39 is 41.2 Å². The van der Waals surface area contributed by atoms with Gasteiger partial charge in [0.05, 0.1) is 18.2 Å². The SMILES string of the molecule is Cc1cc([C@H]2OC(=O)N(Cc3cc(C)ccc3-c3cc([S+](C)[O-])ccc3C)[C@H]2C)cc(C(F)(F)F)c1. The number of benzene rings is 3. The summed E-state index contributed by atoms with van der Waals surface area (Å²) >= 11 is -1.15. The number of ether oxygens (including phenoxy) is 1. The Morgan fingerprint density at radius 1 is 0.972 bits per heavy atom. The summed E-state index contributed by atoms with van der Waals surface area (Å²) in [6.07, 6.45) is -4.26. The summed E-state index contributed by atoms with van der Waals surface area (Å²) in [4.78, 5) is 15.2. The zero-order valence-electron chi connectivity index (χ0n) is 20.8. The maximum Gasteiger partial charge on any atom is 0.416 e. The molecule has 3 aromatic carbocycles. The lowest BCUT2D eigenvalue weighted by atomic mass is 9.93. The van der Waals surface area contributed by atoms with Crippen molar-refractivity contribution in [1.29, 1.82) is 0 Å². The highest BCUT2D eigenvalue weighted by Gasteiger charge is 2.41. The van der Waals surface area contributed by atoms with E-state index in [9.17, 15) is 22.5 Å². The zero-order chi connectivity index (χ0) is 26.4. The highest BCUT2D eigenvalue weighted by molar-refractivity contribution is 7.90. The topological polar surface area (TPSA) is 52.6 Å². The fourth-order valence-corrected chi connectivity index (χ4v) is 5.21. The molecule has 0 N–H and O–H groups in total. The van der Waals surface area contributed by atoms with Crippen LogP contribution in [-0.2, 0) is 28.6 Å². The first-order valence-corrected chi connectivity index (χ1v) is 13.1. The van der Waals surface area contributed by atoms with Gasteiger partial charge in [-0.25, -0.2) is 4.79 Å². The molecule has 3 atom stereocenters. The first-order chi connectivity index (χ1) is 16.8. The van der Waals surface area contributed by atoms with Crippen molar-refractivity contribution in [3.8, 4) is 11.1 Å². The molecule has 0 bridgehead atoms. The molecule has 1 unspecified atom stereocenters. The van der Waals surface area contributed by atoms with Gasteiger partial charge in [0.15, 0.2) is 4.90 Å². The monoisotopic (exact) mass is 515 g/mol. The van der Waals surface area contributed by atoms with E-state index in [1.54, 1.807) is 31.1 Å². The van der Waals surface area contributed by atoms with Crippen molar-refractivity contribution in [3.05, 3.63) is 88.0 Å². The lowest BCUT2D eigenvalue weighted by Gasteiger charge is -2.23. The molecule has 36 heavy (non-hydrogen) atoms. The molecule has 1 saturated heterocycles. The maximum atomic E-state index is 13.4. The second kappa shape index (κ2) is 9.82. The van der Waals surface area contributed by atoms with Gasteiger partial charge >= 0.3 is 12.3 Å². The van der Waals surface area contributed by atoms with Crippen LogP contribution in [0.4, 0.5) is 18.0 Å². The summed E-state index contributed by atoms with van der Waals surface area (Å²) < 4.78 is 57.9. The number of hydrogen-bond donors (Lipinski definition) is 0. The number of halogens is 3. The zero-order valence-corrected chi connectivity index (χ0v) is 21.6. The number of rotatable bonds is 5. The number of carbonyl (C=O) groups is 1. The molecule has 3 aromatic rings. The Labute approximate surface area is 212 Å². The molecule has 0 radical (unpaired) electrons. The van der Waals surface area contributed by atoms with E-state index in [1.807, 2.05) is 50.2 Å². The largest absolute Gasteiger partial charge is 0.612 e. The van der Waals surface area contributed by atoms with Crippen LogP contribution < -0.4 is 0 Å². The van der Waals surface area contributed by atoms with E-state index in [0.717, 1.165) is 39.9 Å². The average molecular weight is 516 g/mol. The van der Waals surface area contributed by atoms with Gasteiger partial charge in [-0.05, 0) is 84.9 Å². The Bertz CT molecular complexity index is 1310. The summed E-state index contributed by atoms with van der Waals surface area (Å²) in [6, 6.07) is 14.9. The van der Waals surface area contributed by atoms with Crippen LogP contribution in [0.1, 0.15) is 46.4 Å². The van der Waals surface area contributed by atoms with Crippen molar-refractivity contribution in [1.82, 2.24) is 4.90 Å². The number of aryl methyl sites for hydroxylation is 3. The van der Waals surface area contributed by atoms with Gasteiger partial charge in [-0.1, -0.05) is 41.5 Å². The minimum Gasteiger partial charge on any atom is -0.612 e. The first-order valence-electron chi connectivity index (χ1n) is 11.5. The Hall–Kier alpha value is -2.97. The molecule has 1 aliphatic rings. The van der Waals surface area contributed by atoms with Crippen LogP contribution >= 0.6 is 0 Å². The predicted octanol–water partition coefficient (Wildman–Crippen LogP) is 7.12. The van der Waals surface area contributed by atoms with Gasteiger partial charge in [-0.15, -0.1) is 0 Å². The number of nitrogens with zero attached hydrogens (tertiary/aromatic N) is 1. The van der Waals surface area contributed by atoms with Crippen LogP contribution in [0, 0.1) is 20.8 Å². The molecule has 1 fully saturated rings. The van der Waals surface area contributed by atoms with Gasteiger partial charge in [0.2, 0.25) is 0 Å². The minimum atomic E-state index is -4.49. The van der Waals surface area contributed by atoms with Gasteiger partial charge < -0.3 is 9.29 Å².